The zero-order chi connectivity index (χ0) is 22.9. The van der Waals surface area contributed by atoms with E-state index in [1.807, 2.05) is 0 Å². The number of nitrogens with zero attached hydrogens (tertiary/aromatic N) is 1. The number of hydrogen-bond donors (Lipinski definition) is 0. The van der Waals surface area contributed by atoms with Gasteiger partial charge in [0, 0.05) is 18.4 Å². The van der Waals surface area contributed by atoms with E-state index >= 15 is 0 Å². The summed E-state index contributed by atoms with van der Waals surface area (Å²) in [6.07, 6.45) is 0. The van der Waals surface area contributed by atoms with Crippen LogP contribution in [0.4, 0.5) is 11.4 Å². The molecular weight excluding hydrogens is 410 g/mol. The zero-order valence-electron chi connectivity index (χ0n) is 19.4. The second-order valence-electron chi connectivity index (χ2n) is 9.51. The van der Waals surface area contributed by atoms with E-state index in [2.05, 4.69) is 134 Å². The molecule has 1 nitrogen and oxygen atoms in total. The lowest BCUT2D eigenvalue weighted by molar-refractivity contribution is 0.793. The third-order valence-electron chi connectivity index (χ3n) is 7.79. The van der Waals surface area contributed by atoms with E-state index in [1.54, 1.807) is 0 Å². The van der Waals surface area contributed by atoms with Gasteiger partial charge in [-0.2, -0.15) is 0 Å². The van der Waals surface area contributed by atoms with Gasteiger partial charge < -0.3 is 4.90 Å². The highest BCUT2D eigenvalue weighted by atomic mass is 15.1. The summed E-state index contributed by atoms with van der Waals surface area (Å²) in [6, 6.07) is 42.7. The molecule has 0 atom stereocenters. The first-order chi connectivity index (χ1) is 16.7. The van der Waals surface area contributed by atoms with Crippen LogP contribution in [0, 0.1) is 6.92 Å². The van der Waals surface area contributed by atoms with E-state index < -0.39 is 0 Å². The Labute approximate surface area is 201 Å². The molecule has 0 saturated heterocycles. The molecule has 0 N–H and O–H groups in total. The molecule has 2 aliphatic rings. The van der Waals surface area contributed by atoms with Crippen molar-refractivity contribution in [1.82, 2.24) is 0 Å². The third-order valence-corrected chi connectivity index (χ3v) is 7.79. The minimum Gasteiger partial charge on any atom is -0.345 e. The Morgan fingerprint density at radius 2 is 0.912 bits per heavy atom. The van der Waals surface area contributed by atoms with Crippen LogP contribution in [0.1, 0.15) is 27.8 Å². The minimum atomic E-state index is -0.288. The van der Waals surface area contributed by atoms with Gasteiger partial charge in [-0.25, -0.2) is 0 Å². The van der Waals surface area contributed by atoms with Crippen molar-refractivity contribution in [3.05, 3.63) is 143 Å². The van der Waals surface area contributed by atoms with Crippen LogP contribution < -0.4 is 4.90 Å². The number of hydrogen-bond acceptors (Lipinski definition) is 1. The van der Waals surface area contributed by atoms with E-state index in [1.165, 1.54) is 61.4 Å². The molecule has 5 aromatic rings. The van der Waals surface area contributed by atoms with Gasteiger partial charge in [0.1, 0.15) is 0 Å². The highest BCUT2D eigenvalue weighted by molar-refractivity contribution is 5.95. The maximum Gasteiger partial charge on any atom is 0.0726 e. The Hall–Kier alpha value is -4.10. The molecule has 0 saturated carbocycles. The first kappa shape index (κ1) is 19.4. The summed E-state index contributed by atoms with van der Waals surface area (Å²) in [6.45, 7) is 2.13. The second-order valence-corrected chi connectivity index (χ2v) is 9.51. The number of anilines is 2. The van der Waals surface area contributed by atoms with Gasteiger partial charge in [0.2, 0.25) is 0 Å². The van der Waals surface area contributed by atoms with E-state index in [-0.39, 0.29) is 5.41 Å². The van der Waals surface area contributed by atoms with Gasteiger partial charge in [-0.1, -0.05) is 96.6 Å². The lowest BCUT2D eigenvalue weighted by Crippen LogP contribution is -2.26. The standard InChI is InChI=1S/C33H25N/c1-22-15-17-23(18-16-22)34(2)24-19-20-28-27-11-5-8-14-31(27)33(32(28)21-24)29-12-6-3-9-25(29)26-10-4-7-13-30(26)33/h3-21H,1-2H3. The topological polar surface area (TPSA) is 3.24 Å². The molecule has 0 heterocycles. The molecule has 0 aliphatic heterocycles. The molecule has 162 valence electrons. The molecule has 0 fully saturated rings. The van der Waals surface area contributed by atoms with Gasteiger partial charge in [0.15, 0.2) is 0 Å². The number of rotatable bonds is 2. The van der Waals surface area contributed by atoms with E-state index in [9.17, 15) is 0 Å². The molecule has 5 aromatic carbocycles. The molecule has 0 bridgehead atoms. The average molecular weight is 436 g/mol. The summed E-state index contributed by atoms with van der Waals surface area (Å²) in [5, 5.41) is 0. The Morgan fingerprint density at radius 1 is 0.471 bits per heavy atom. The van der Waals surface area contributed by atoms with Gasteiger partial charge in [-0.3, -0.25) is 0 Å². The van der Waals surface area contributed by atoms with Crippen LogP contribution in [0.15, 0.2) is 115 Å². The molecule has 1 spiro atoms. The highest BCUT2D eigenvalue weighted by Gasteiger charge is 2.51. The summed E-state index contributed by atoms with van der Waals surface area (Å²) in [4.78, 5) is 2.29. The molecule has 0 amide bonds. The predicted molar refractivity (Wildman–Crippen MR) is 142 cm³/mol. The Kier molecular flexibility index (Phi) is 3.96. The normalized spacial score (nSPS) is 13.8. The largest absolute Gasteiger partial charge is 0.345 e. The fraction of sp³-hybridized carbons (Fsp3) is 0.0909. The lowest BCUT2D eigenvalue weighted by atomic mass is 9.70. The predicted octanol–water partition coefficient (Wildman–Crippen LogP) is 8.11. The van der Waals surface area contributed by atoms with Gasteiger partial charge >= 0.3 is 0 Å². The van der Waals surface area contributed by atoms with Crippen LogP contribution in [-0.2, 0) is 5.41 Å². The summed E-state index contributed by atoms with van der Waals surface area (Å²) < 4.78 is 0. The molecule has 2 aliphatic carbocycles. The number of aryl methyl sites for hydroxylation is 1. The van der Waals surface area contributed by atoms with Crippen LogP contribution in [-0.4, -0.2) is 7.05 Å². The van der Waals surface area contributed by atoms with Crippen LogP contribution in [0.3, 0.4) is 0 Å². The van der Waals surface area contributed by atoms with E-state index in [4.69, 9.17) is 0 Å². The molecule has 0 radical (unpaired) electrons. The molecule has 34 heavy (non-hydrogen) atoms. The Morgan fingerprint density at radius 3 is 1.44 bits per heavy atom. The van der Waals surface area contributed by atoms with Crippen molar-refractivity contribution < 1.29 is 0 Å². The SMILES string of the molecule is Cc1ccc(N(C)c2ccc3c(c2)C2(c4ccccc4-c4ccccc42)c2ccccc2-3)cc1. The molecular formula is C33H25N. The third kappa shape index (κ3) is 2.39. The Balaban J connectivity index is 1.54. The quantitative estimate of drug-likeness (QED) is 0.265. The Bertz CT molecular complexity index is 1510. The van der Waals surface area contributed by atoms with Crippen molar-refractivity contribution in [1.29, 1.82) is 0 Å². The average Bonchev–Trinajstić information content (AvgIpc) is 3.36. The smallest absolute Gasteiger partial charge is 0.0726 e. The number of fused-ring (bicyclic) bond motifs is 10. The fourth-order valence-corrected chi connectivity index (χ4v) is 6.21. The van der Waals surface area contributed by atoms with Crippen LogP contribution in [0.2, 0.25) is 0 Å². The van der Waals surface area contributed by atoms with Crippen LogP contribution in [0.25, 0.3) is 22.3 Å². The number of benzene rings is 5. The van der Waals surface area contributed by atoms with Crippen molar-refractivity contribution in [2.75, 3.05) is 11.9 Å². The summed E-state index contributed by atoms with van der Waals surface area (Å²) in [5.41, 5.74) is 14.3. The van der Waals surface area contributed by atoms with Crippen molar-refractivity contribution in [2.45, 2.75) is 12.3 Å². The summed E-state index contributed by atoms with van der Waals surface area (Å²) in [7, 11) is 2.16. The van der Waals surface area contributed by atoms with Crippen molar-refractivity contribution >= 4 is 11.4 Å². The van der Waals surface area contributed by atoms with Gasteiger partial charge in [0.05, 0.1) is 5.41 Å². The lowest BCUT2D eigenvalue weighted by Gasteiger charge is -2.31. The molecule has 0 unspecified atom stereocenters. The fourth-order valence-electron chi connectivity index (χ4n) is 6.21. The van der Waals surface area contributed by atoms with Gasteiger partial charge in [0.25, 0.3) is 0 Å². The molecule has 1 heteroatoms. The summed E-state index contributed by atoms with van der Waals surface area (Å²) in [5.74, 6) is 0. The maximum absolute atomic E-state index is 2.42. The van der Waals surface area contributed by atoms with E-state index in [0.717, 1.165) is 0 Å². The summed E-state index contributed by atoms with van der Waals surface area (Å²) >= 11 is 0. The first-order valence-corrected chi connectivity index (χ1v) is 11.9. The van der Waals surface area contributed by atoms with Crippen molar-refractivity contribution in [3.8, 4) is 22.3 Å². The van der Waals surface area contributed by atoms with Crippen LogP contribution >= 0.6 is 0 Å². The zero-order valence-corrected chi connectivity index (χ0v) is 19.4. The minimum absolute atomic E-state index is 0.288. The molecule has 7 rings (SSSR count). The van der Waals surface area contributed by atoms with Crippen molar-refractivity contribution in [3.63, 3.8) is 0 Å². The van der Waals surface area contributed by atoms with Crippen molar-refractivity contribution in [2.24, 2.45) is 0 Å². The van der Waals surface area contributed by atoms with Gasteiger partial charge in [-0.05, 0) is 75.7 Å². The maximum atomic E-state index is 2.42. The second kappa shape index (κ2) is 6.95. The first-order valence-electron chi connectivity index (χ1n) is 11.9. The monoisotopic (exact) mass is 435 g/mol. The van der Waals surface area contributed by atoms with Gasteiger partial charge in [-0.15, -0.1) is 0 Å². The van der Waals surface area contributed by atoms with E-state index in [0.29, 0.717) is 0 Å². The van der Waals surface area contributed by atoms with Crippen LogP contribution in [0.5, 0.6) is 0 Å². The highest BCUT2D eigenvalue weighted by Crippen LogP contribution is 2.63. The molecule has 0 aromatic heterocycles.